The molecule has 6 nitrogen and oxygen atoms in total. The van der Waals surface area contributed by atoms with Crippen LogP contribution in [0.4, 0.5) is 0 Å². The Hall–Kier alpha value is -1.73. The van der Waals surface area contributed by atoms with Gasteiger partial charge < -0.3 is 14.1 Å². The Morgan fingerprint density at radius 3 is 3.14 bits per heavy atom. The maximum atomic E-state index is 12.5. The van der Waals surface area contributed by atoms with Crippen LogP contribution in [0.1, 0.15) is 35.5 Å². The first-order valence-corrected chi connectivity index (χ1v) is 8.31. The minimum atomic E-state index is -0.260. The highest BCUT2D eigenvalue weighted by Gasteiger charge is 2.32. The van der Waals surface area contributed by atoms with Gasteiger partial charge in [0.2, 0.25) is 17.7 Å². The van der Waals surface area contributed by atoms with Gasteiger partial charge in [0, 0.05) is 24.8 Å². The van der Waals surface area contributed by atoms with Crippen molar-refractivity contribution < 1.29 is 13.9 Å². The average Bonchev–Trinajstić information content (AvgIpc) is 3.19. The molecule has 0 unspecified atom stereocenters. The van der Waals surface area contributed by atoms with E-state index >= 15 is 0 Å². The Balaban J connectivity index is 1.59. The summed E-state index contributed by atoms with van der Waals surface area (Å²) in [6, 6.07) is 3.88. The molecular weight excluding hydrogens is 302 g/mol. The zero-order valence-electron chi connectivity index (χ0n) is 12.5. The zero-order chi connectivity index (χ0) is 15.4. The van der Waals surface area contributed by atoms with Gasteiger partial charge in [-0.1, -0.05) is 6.07 Å². The lowest BCUT2D eigenvalue weighted by atomic mass is 10.1. The van der Waals surface area contributed by atoms with Crippen LogP contribution in [0.5, 0.6) is 0 Å². The van der Waals surface area contributed by atoms with Crippen molar-refractivity contribution in [3.05, 3.63) is 34.2 Å². The lowest BCUT2D eigenvalue weighted by molar-refractivity contribution is -0.141. The van der Waals surface area contributed by atoms with Gasteiger partial charge in [-0.25, -0.2) is 0 Å². The van der Waals surface area contributed by atoms with Crippen LogP contribution in [0.3, 0.4) is 0 Å². The maximum Gasteiger partial charge on any atom is 0.241 e. The molecule has 1 atom stereocenters. The number of nitrogens with zero attached hydrogens (tertiary/aromatic N) is 3. The van der Waals surface area contributed by atoms with Gasteiger partial charge in [0.1, 0.15) is 6.04 Å². The van der Waals surface area contributed by atoms with E-state index in [-0.39, 0.29) is 11.9 Å². The molecule has 0 aromatic carbocycles. The fourth-order valence-electron chi connectivity index (χ4n) is 2.57. The van der Waals surface area contributed by atoms with E-state index in [0.29, 0.717) is 38.0 Å². The van der Waals surface area contributed by atoms with Gasteiger partial charge in [-0.2, -0.15) is 0 Å². The van der Waals surface area contributed by atoms with Crippen LogP contribution in [0.15, 0.2) is 21.9 Å². The van der Waals surface area contributed by atoms with Crippen LogP contribution in [0, 0.1) is 6.92 Å². The smallest absolute Gasteiger partial charge is 0.241 e. The van der Waals surface area contributed by atoms with Crippen LogP contribution in [0.2, 0.25) is 0 Å². The molecule has 1 aliphatic rings. The molecular formula is C15H19N3O3S. The SMILES string of the molecule is Cc1nnc([C@H]2COCCN2C(=O)CCCc2cccs2)o1. The topological polar surface area (TPSA) is 68.5 Å². The van der Waals surface area contributed by atoms with E-state index in [1.54, 1.807) is 18.3 Å². The Bertz CT molecular complexity index is 611. The predicted molar refractivity (Wildman–Crippen MR) is 81.6 cm³/mol. The highest BCUT2D eigenvalue weighted by molar-refractivity contribution is 7.09. The Morgan fingerprint density at radius 2 is 2.41 bits per heavy atom. The molecule has 3 rings (SSSR count). The Morgan fingerprint density at radius 1 is 1.50 bits per heavy atom. The van der Waals surface area contributed by atoms with Crippen molar-refractivity contribution in [3.8, 4) is 0 Å². The average molecular weight is 321 g/mol. The van der Waals surface area contributed by atoms with E-state index in [9.17, 15) is 4.79 Å². The summed E-state index contributed by atoms with van der Waals surface area (Å²) in [5.41, 5.74) is 0. The number of rotatable bonds is 5. The van der Waals surface area contributed by atoms with Crippen molar-refractivity contribution in [1.29, 1.82) is 0 Å². The molecule has 118 valence electrons. The third-order valence-corrected chi connectivity index (χ3v) is 4.61. The molecule has 1 amide bonds. The number of aryl methyl sites for hydroxylation is 2. The molecule has 7 heteroatoms. The summed E-state index contributed by atoms with van der Waals surface area (Å²) < 4.78 is 10.9. The van der Waals surface area contributed by atoms with E-state index in [1.165, 1.54) is 4.88 Å². The molecule has 0 spiro atoms. The van der Waals surface area contributed by atoms with Crippen LogP contribution >= 0.6 is 11.3 Å². The van der Waals surface area contributed by atoms with Crippen LogP contribution in [-0.4, -0.2) is 40.8 Å². The summed E-state index contributed by atoms with van der Waals surface area (Å²) >= 11 is 1.73. The minimum Gasteiger partial charge on any atom is -0.423 e. The molecule has 3 heterocycles. The number of carbonyl (C=O) groups is 1. The van der Waals surface area contributed by atoms with E-state index in [4.69, 9.17) is 9.15 Å². The lowest BCUT2D eigenvalue weighted by Crippen LogP contribution is -2.43. The molecule has 22 heavy (non-hydrogen) atoms. The third kappa shape index (κ3) is 3.53. The van der Waals surface area contributed by atoms with Crippen molar-refractivity contribution in [3.63, 3.8) is 0 Å². The van der Waals surface area contributed by atoms with E-state index in [2.05, 4.69) is 21.6 Å². The molecule has 0 N–H and O–H groups in total. The Kier molecular flexibility index (Phi) is 4.84. The fourth-order valence-corrected chi connectivity index (χ4v) is 3.32. The molecule has 1 aliphatic heterocycles. The second-order valence-electron chi connectivity index (χ2n) is 5.27. The molecule has 2 aromatic heterocycles. The molecule has 1 saturated heterocycles. The van der Waals surface area contributed by atoms with Crippen molar-refractivity contribution in [1.82, 2.24) is 15.1 Å². The Labute approximate surface area is 133 Å². The summed E-state index contributed by atoms with van der Waals surface area (Å²) in [5.74, 6) is 1.09. The number of aromatic nitrogens is 2. The zero-order valence-corrected chi connectivity index (χ0v) is 13.3. The first kappa shape index (κ1) is 15.2. The normalized spacial score (nSPS) is 18.6. The van der Waals surface area contributed by atoms with Crippen molar-refractivity contribution in [2.24, 2.45) is 0 Å². The highest BCUT2D eigenvalue weighted by atomic mass is 32.1. The standard InChI is InChI=1S/C15H19N3O3S/c1-11-16-17-15(21-11)13-10-20-8-7-18(13)14(19)6-2-4-12-5-3-9-22-12/h3,5,9,13H,2,4,6-8,10H2,1H3/t13-/m1/s1. The maximum absolute atomic E-state index is 12.5. The summed E-state index contributed by atoms with van der Waals surface area (Å²) in [4.78, 5) is 15.6. The van der Waals surface area contributed by atoms with Crippen molar-refractivity contribution >= 4 is 17.2 Å². The number of amides is 1. The molecule has 0 radical (unpaired) electrons. The molecule has 1 fully saturated rings. The van der Waals surface area contributed by atoms with Gasteiger partial charge in [0.05, 0.1) is 13.2 Å². The second-order valence-corrected chi connectivity index (χ2v) is 6.30. The predicted octanol–water partition coefficient (Wildman–Crippen LogP) is 2.36. The second kappa shape index (κ2) is 7.02. The van der Waals surface area contributed by atoms with E-state index in [1.807, 2.05) is 11.0 Å². The third-order valence-electron chi connectivity index (χ3n) is 3.67. The minimum absolute atomic E-state index is 0.126. The summed E-state index contributed by atoms with van der Waals surface area (Å²) in [7, 11) is 0. The summed E-state index contributed by atoms with van der Waals surface area (Å²) in [6.07, 6.45) is 2.33. The number of hydrogen-bond acceptors (Lipinski definition) is 6. The lowest BCUT2D eigenvalue weighted by Gasteiger charge is -2.33. The van der Waals surface area contributed by atoms with Crippen molar-refractivity contribution in [2.45, 2.75) is 32.2 Å². The highest BCUT2D eigenvalue weighted by Crippen LogP contribution is 2.24. The number of hydrogen-bond donors (Lipinski definition) is 0. The largest absolute Gasteiger partial charge is 0.423 e. The van der Waals surface area contributed by atoms with Crippen LogP contribution < -0.4 is 0 Å². The van der Waals surface area contributed by atoms with Crippen molar-refractivity contribution in [2.75, 3.05) is 19.8 Å². The van der Waals surface area contributed by atoms with Gasteiger partial charge in [0.15, 0.2) is 0 Å². The number of carbonyl (C=O) groups excluding carboxylic acids is 1. The fraction of sp³-hybridized carbons (Fsp3) is 0.533. The van der Waals surface area contributed by atoms with Crippen LogP contribution in [0.25, 0.3) is 0 Å². The quantitative estimate of drug-likeness (QED) is 0.845. The van der Waals surface area contributed by atoms with E-state index < -0.39 is 0 Å². The first-order valence-electron chi connectivity index (χ1n) is 7.43. The van der Waals surface area contributed by atoms with Gasteiger partial charge in [-0.15, -0.1) is 21.5 Å². The van der Waals surface area contributed by atoms with Gasteiger partial charge in [-0.3, -0.25) is 4.79 Å². The first-order chi connectivity index (χ1) is 10.7. The number of ether oxygens (including phenoxy) is 1. The number of morpholine rings is 1. The molecule has 0 saturated carbocycles. The van der Waals surface area contributed by atoms with Gasteiger partial charge in [0.25, 0.3) is 0 Å². The monoisotopic (exact) mass is 321 g/mol. The molecule has 2 aromatic rings. The van der Waals surface area contributed by atoms with Crippen LogP contribution in [-0.2, 0) is 16.0 Å². The van der Waals surface area contributed by atoms with Gasteiger partial charge in [-0.05, 0) is 24.3 Å². The number of thiophene rings is 1. The summed E-state index contributed by atoms with van der Waals surface area (Å²) in [6.45, 7) is 3.29. The van der Waals surface area contributed by atoms with E-state index in [0.717, 1.165) is 12.8 Å². The summed E-state index contributed by atoms with van der Waals surface area (Å²) in [5, 5.41) is 9.94. The molecule has 0 aliphatic carbocycles. The van der Waals surface area contributed by atoms with Gasteiger partial charge >= 0.3 is 0 Å². The molecule has 0 bridgehead atoms.